The van der Waals surface area contributed by atoms with Crippen LogP contribution in [0.3, 0.4) is 0 Å². The van der Waals surface area contributed by atoms with Crippen molar-refractivity contribution >= 4 is 67.9 Å². The molecule has 0 aromatic heterocycles. The minimum Gasteiger partial charge on any atom is -0.493 e. The van der Waals surface area contributed by atoms with Crippen LogP contribution in [0, 0.1) is 0 Å². The van der Waals surface area contributed by atoms with Gasteiger partial charge in [0.1, 0.15) is 5.75 Å². The number of nitrogens with zero attached hydrogens (tertiary/aromatic N) is 1. The van der Waals surface area contributed by atoms with E-state index >= 15 is 0 Å². The Morgan fingerprint density at radius 2 is 1.97 bits per heavy atom. The fourth-order valence-corrected chi connectivity index (χ4v) is 4.87. The van der Waals surface area contributed by atoms with Gasteiger partial charge in [-0.1, -0.05) is 47.7 Å². The molecule has 0 saturated carbocycles. The van der Waals surface area contributed by atoms with Gasteiger partial charge in [0, 0.05) is 5.02 Å². The number of carboxylic acids is 1. The zero-order chi connectivity index (χ0) is 22.6. The molecule has 0 radical (unpaired) electrons. The number of hydrazine groups is 1. The molecule has 0 bridgehead atoms. The summed E-state index contributed by atoms with van der Waals surface area (Å²) >= 11 is 11.9. The Hall–Kier alpha value is -2.44. The van der Waals surface area contributed by atoms with Crippen molar-refractivity contribution in [2.75, 3.05) is 6.61 Å². The zero-order valence-corrected chi connectivity index (χ0v) is 18.9. The quantitative estimate of drug-likeness (QED) is 0.421. The summed E-state index contributed by atoms with van der Waals surface area (Å²) in [5, 5.41) is 9.85. The largest absolute Gasteiger partial charge is 0.493 e. The molecule has 1 amide bonds. The first-order valence-electron chi connectivity index (χ1n) is 8.66. The Bertz CT molecular complexity index is 1170. The molecule has 12 heteroatoms. The number of ether oxygens (including phenoxy) is 1. The number of hydrogen-bond acceptors (Lipinski definition) is 7. The fourth-order valence-electron chi connectivity index (χ4n) is 2.43. The highest BCUT2D eigenvalue weighted by Gasteiger charge is 2.35. The number of carbonyl (C=O) groups excluding carboxylic acids is 1. The number of amides is 1. The first kappa shape index (κ1) is 23.2. The van der Waals surface area contributed by atoms with Crippen LogP contribution in [-0.2, 0) is 19.6 Å². The molecule has 1 saturated heterocycles. The fraction of sp³-hybridized carbons (Fsp3) is 0.105. The number of hydrogen-bond donors (Lipinski definition) is 2. The van der Waals surface area contributed by atoms with E-state index in [1.807, 2.05) is 0 Å². The number of nitrogens with one attached hydrogen (secondary N) is 1. The van der Waals surface area contributed by atoms with E-state index in [4.69, 9.17) is 33.7 Å². The lowest BCUT2D eigenvalue weighted by molar-refractivity contribution is -0.137. The summed E-state index contributed by atoms with van der Waals surface area (Å²) in [5.41, 5.74) is 0.605. The summed E-state index contributed by atoms with van der Waals surface area (Å²) in [7, 11) is -4.05. The summed E-state index contributed by atoms with van der Waals surface area (Å²) in [5.74, 6) is -1.15. The number of sulfonamides is 1. The smallest absolute Gasteiger partial charge is 0.306 e. The molecular weight excluding hydrogens is 484 g/mol. The first-order valence-corrected chi connectivity index (χ1v) is 11.7. The van der Waals surface area contributed by atoms with Crippen LogP contribution in [0.4, 0.5) is 0 Å². The molecule has 2 aromatic carbocycles. The number of thioether (sulfide) groups is 1. The molecule has 2 aromatic rings. The van der Waals surface area contributed by atoms with Crippen molar-refractivity contribution in [3.05, 3.63) is 64.0 Å². The standard InChI is InChI=1S/C19H15ClN2O6S3/c20-13-4-6-15(7-5-13)31(26,27)21-22-18(25)16(30-19(22)29)11-12-2-1-3-14(10-12)28-9-8-17(23)24/h1-7,10-11,21H,8-9H2,(H,23,24)/b16-11+. The second kappa shape index (κ2) is 9.79. The molecule has 1 aliphatic rings. The maximum absolute atomic E-state index is 12.7. The highest BCUT2D eigenvalue weighted by Crippen LogP contribution is 2.32. The predicted molar refractivity (Wildman–Crippen MR) is 121 cm³/mol. The SMILES string of the molecule is O=C(O)CCOc1cccc(/C=C2/SC(=S)N(NS(=O)(=O)c3ccc(Cl)cc3)C2=O)c1. The van der Waals surface area contributed by atoms with Crippen LogP contribution < -0.4 is 9.57 Å². The summed E-state index contributed by atoms with van der Waals surface area (Å²) < 4.78 is 30.5. The van der Waals surface area contributed by atoms with Crippen molar-refractivity contribution in [2.45, 2.75) is 11.3 Å². The lowest BCUT2D eigenvalue weighted by Gasteiger charge is -2.15. The third-order valence-electron chi connectivity index (χ3n) is 3.87. The van der Waals surface area contributed by atoms with Crippen LogP contribution in [0.25, 0.3) is 6.08 Å². The summed E-state index contributed by atoms with van der Waals surface area (Å²) in [6.07, 6.45) is 1.40. The van der Waals surface area contributed by atoms with Crippen LogP contribution in [-0.4, -0.2) is 41.3 Å². The van der Waals surface area contributed by atoms with Gasteiger partial charge in [-0.05, 0) is 48.0 Å². The highest BCUT2D eigenvalue weighted by atomic mass is 35.5. The highest BCUT2D eigenvalue weighted by molar-refractivity contribution is 8.26. The summed E-state index contributed by atoms with van der Waals surface area (Å²) in [6.45, 7) is 0.00732. The maximum atomic E-state index is 12.7. The van der Waals surface area contributed by atoms with Gasteiger partial charge >= 0.3 is 5.97 Å². The Labute approximate surface area is 192 Å². The molecule has 162 valence electrons. The maximum Gasteiger partial charge on any atom is 0.306 e. The molecule has 0 atom stereocenters. The van der Waals surface area contributed by atoms with E-state index in [1.54, 1.807) is 30.3 Å². The van der Waals surface area contributed by atoms with Crippen molar-refractivity contribution < 1.29 is 27.9 Å². The van der Waals surface area contributed by atoms with Crippen molar-refractivity contribution in [3.63, 3.8) is 0 Å². The van der Waals surface area contributed by atoms with Crippen LogP contribution in [0.2, 0.25) is 5.02 Å². The van der Waals surface area contributed by atoms with Gasteiger partial charge in [-0.2, -0.15) is 0 Å². The monoisotopic (exact) mass is 498 g/mol. The Balaban J connectivity index is 1.74. The third-order valence-corrected chi connectivity index (χ3v) is 6.74. The predicted octanol–water partition coefficient (Wildman–Crippen LogP) is 3.29. The Morgan fingerprint density at radius 1 is 1.26 bits per heavy atom. The normalized spacial score (nSPS) is 15.5. The van der Waals surface area contributed by atoms with Gasteiger partial charge in [0.15, 0.2) is 4.32 Å². The van der Waals surface area contributed by atoms with Crippen molar-refractivity contribution in [1.29, 1.82) is 0 Å². The van der Waals surface area contributed by atoms with E-state index in [-0.39, 0.29) is 27.1 Å². The second-order valence-corrected chi connectivity index (χ2v) is 9.90. The number of carbonyl (C=O) groups is 2. The van der Waals surface area contributed by atoms with Gasteiger partial charge in [0.05, 0.1) is 22.8 Å². The van der Waals surface area contributed by atoms with Gasteiger partial charge in [0.2, 0.25) is 0 Å². The molecule has 1 fully saturated rings. The second-order valence-electron chi connectivity index (χ2n) is 6.13. The van der Waals surface area contributed by atoms with Crippen LogP contribution in [0.5, 0.6) is 5.75 Å². The average molecular weight is 499 g/mol. The Morgan fingerprint density at radius 3 is 2.65 bits per heavy atom. The van der Waals surface area contributed by atoms with Crippen LogP contribution in [0.1, 0.15) is 12.0 Å². The summed E-state index contributed by atoms with van der Waals surface area (Å²) in [4.78, 5) is 25.6. The van der Waals surface area contributed by atoms with Gasteiger partial charge < -0.3 is 9.84 Å². The van der Waals surface area contributed by atoms with E-state index in [0.29, 0.717) is 16.3 Å². The molecule has 3 rings (SSSR count). The molecule has 2 N–H and O–H groups in total. The minimum absolute atomic E-state index is 0.00732. The first-order chi connectivity index (χ1) is 14.7. The number of thiocarbonyl (C=S) groups is 1. The van der Waals surface area contributed by atoms with Gasteiger partial charge in [0.25, 0.3) is 15.9 Å². The van der Waals surface area contributed by atoms with E-state index in [2.05, 4.69) is 4.83 Å². The van der Waals surface area contributed by atoms with Crippen LogP contribution in [0.15, 0.2) is 58.3 Å². The van der Waals surface area contributed by atoms with Crippen LogP contribution >= 0.6 is 35.6 Å². The van der Waals surface area contributed by atoms with Gasteiger partial charge in [-0.25, -0.2) is 13.4 Å². The van der Waals surface area contributed by atoms with E-state index < -0.39 is 21.9 Å². The van der Waals surface area contributed by atoms with Gasteiger partial charge in [-0.15, -0.1) is 4.83 Å². The van der Waals surface area contributed by atoms with Gasteiger partial charge in [-0.3, -0.25) is 9.59 Å². The molecule has 31 heavy (non-hydrogen) atoms. The molecular formula is C19H15ClN2O6S3. The third kappa shape index (κ3) is 6.05. The Kier molecular flexibility index (Phi) is 7.34. The molecule has 0 aliphatic carbocycles. The van der Waals surface area contributed by atoms with E-state index in [1.165, 1.54) is 24.3 Å². The average Bonchev–Trinajstić information content (AvgIpc) is 2.95. The number of aliphatic carboxylic acids is 1. The summed E-state index contributed by atoms with van der Waals surface area (Å²) in [6, 6.07) is 12.2. The number of benzene rings is 2. The zero-order valence-electron chi connectivity index (χ0n) is 15.6. The molecule has 0 unspecified atom stereocenters. The lowest BCUT2D eigenvalue weighted by Crippen LogP contribution is -2.44. The lowest BCUT2D eigenvalue weighted by atomic mass is 10.2. The van der Waals surface area contributed by atoms with E-state index in [9.17, 15) is 18.0 Å². The van der Waals surface area contributed by atoms with Crippen molar-refractivity contribution in [1.82, 2.24) is 9.84 Å². The molecule has 0 spiro atoms. The number of halogens is 1. The molecule has 1 aliphatic heterocycles. The minimum atomic E-state index is -4.05. The topological polar surface area (TPSA) is 113 Å². The van der Waals surface area contributed by atoms with E-state index in [0.717, 1.165) is 16.8 Å². The van der Waals surface area contributed by atoms with Crippen molar-refractivity contribution in [2.24, 2.45) is 0 Å². The number of carboxylic acid groups (broad SMARTS) is 1. The molecule has 8 nitrogen and oxygen atoms in total. The number of rotatable bonds is 8. The molecule has 1 heterocycles. The van der Waals surface area contributed by atoms with Crippen molar-refractivity contribution in [3.8, 4) is 5.75 Å².